The third-order valence-corrected chi connectivity index (χ3v) is 3.91. The lowest BCUT2D eigenvalue weighted by Crippen LogP contribution is -2.48. The Morgan fingerprint density at radius 1 is 1.41 bits per heavy atom. The molecule has 1 aromatic carbocycles. The molecule has 2 aliphatic rings. The van der Waals surface area contributed by atoms with E-state index in [1.807, 2.05) is 30.3 Å². The predicted octanol–water partition coefficient (Wildman–Crippen LogP) is 0.0516. The highest BCUT2D eigenvalue weighted by molar-refractivity contribution is 5.85. The van der Waals surface area contributed by atoms with Crippen molar-refractivity contribution in [1.82, 2.24) is 10.2 Å². The Morgan fingerprint density at radius 3 is 2.77 bits per heavy atom. The number of rotatable bonds is 5. The van der Waals surface area contributed by atoms with Gasteiger partial charge in [-0.05, 0) is 12.0 Å². The first-order chi connectivity index (χ1) is 10.1. The molecule has 0 aromatic heterocycles. The average molecular weight is 326 g/mol. The van der Waals surface area contributed by atoms with Crippen LogP contribution in [0, 0.1) is 0 Å². The van der Waals surface area contributed by atoms with Crippen molar-refractivity contribution >= 4 is 24.2 Å². The van der Waals surface area contributed by atoms with E-state index in [0.29, 0.717) is 25.9 Å². The Morgan fingerprint density at radius 2 is 2.14 bits per heavy atom. The minimum Gasteiger partial charge on any atom is -0.352 e. The zero-order valence-electron chi connectivity index (χ0n) is 12.1. The van der Waals surface area contributed by atoms with Gasteiger partial charge in [-0.25, -0.2) is 0 Å². The minimum atomic E-state index is -0.576. The van der Waals surface area contributed by atoms with Crippen LogP contribution in [0.1, 0.15) is 12.0 Å². The van der Waals surface area contributed by atoms with Gasteiger partial charge in [0.05, 0.1) is 25.1 Å². The summed E-state index contributed by atoms with van der Waals surface area (Å²) in [5, 5.41) is 2.80. The van der Waals surface area contributed by atoms with Crippen LogP contribution in [0.2, 0.25) is 0 Å². The molecule has 22 heavy (non-hydrogen) atoms. The lowest BCUT2D eigenvalue weighted by atomic mass is 10.1. The van der Waals surface area contributed by atoms with Crippen LogP contribution in [0.25, 0.3) is 0 Å². The number of nitrogens with zero attached hydrogens (tertiary/aromatic N) is 1. The van der Waals surface area contributed by atoms with Crippen molar-refractivity contribution in [3.05, 3.63) is 35.9 Å². The van der Waals surface area contributed by atoms with Crippen molar-refractivity contribution in [3.8, 4) is 0 Å². The van der Waals surface area contributed by atoms with E-state index in [1.165, 1.54) is 0 Å². The van der Waals surface area contributed by atoms with E-state index >= 15 is 0 Å². The Bertz CT molecular complexity index is 540. The van der Waals surface area contributed by atoms with Crippen molar-refractivity contribution < 1.29 is 14.3 Å². The quantitative estimate of drug-likeness (QED) is 0.749. The van der Waals surface area contributed by atoms with Gasteiger partial charge in [-0.1, -0.05) is 30.3 Å². The van der Waals surface area contributed by atoms with E-state index in [-0.39, 0.29) is 36.6 Å². The van der Waals surface area contributed by atoms with Crippen molar-refractivity contribution in [3.63, 3.8) is 0 Å². The fourth-order valence-electron chi connectivity index (χ4n) is 2.67. The van der Waals surface area contributed by atoms with E-state index in [0.717, 1.165) is 5.56 Å². The number of nitrogens with two attached hydrogens (primary N) is 1. The fourth-order valence-corrected chi connectivity index (χ4v) is 2.67. The molecule has 2 amide bonds. The largest absolute Gasteiger partial charge is 0.352 e. The molecule has 3 unspecified atom stereocenters. The summed E-state index contributed by atoms with van der Waals surface area (Å²) >= 11 is 0. The normalized spacial score (nSPS) is 24.0. The first-order valence-corrected chi connectivity index (χ1v) is 7.15. The van der Waals surface area contributed by atoms with E-state index < -0.39 is 6.04 Å². The molecule has 0 bridgehead atoms. The number of hydrogen-bond donors (Lipinski definition) is 2. The maximum Gasteiger partial charge on any atom is 0.237 e. The summed E-state index contributed by atoms with van der Waals surface area (Å²) in [4.78, 5) is 24.9. The maximum atomic E-state index is 12.0. The molecule has 0 aliphatic carbocycles. The van der Waals surface area contributed by atoms with Gasteiger partial charge in [0.1, 0.15) is 6.23 Å². The zero-order chi connectivity index (χ0) is 14.8. The number of ether oxygens (including phenoxy) is 1. The van der Waals surface area contributed by atoms with Gasteiger partial charge in [0, 0.05) is 6.54 Å². The minimum absolute atomic E-state index is 0. The Balaban J connectivity index is 0.00000176. The van der Waals surface area contributed by atoms with Crippen molar-refractivity contribution in [1.29, 1.82) is 0 Å². The van der Waals surface area contributed by atoms with Crippen LogP contribution in [0.4, 0.5) is 0 Å². The molecule has 3 N–H and O–H groups in total. The van der Waals surface area contributed by atoms with Crippen LogP contribution in [0.3, 0.4) is 0 Å². The van der Waals surface area contributed by atoms with E-state index in [4.69, 9.17) is 10.5 Å². The van der Waals surface area contributed by atoms with E-state index in [9.17, 15) is 9.59 Å². The second kappa shape index (κ2) is 7.09. The summed E-state index contributed by atoms with van der Waals surface area (Å²) in [5.74, 6) is -0.0716. The molecule has 0 saturated carbocycles. The SMILES string of the molecule is Cl.NC(Cc1ccccc1)C(=O)NCC1CN2C(=O)CC2O1. The van der Waals surface area contributed by atoms with Gasteiger partial charge in [-0.2, -0.15) is 0 Å². The first-order valence-electron chi connectivity index (χ1n) is 7.15. The zero-order valence-corrected chi connectivity index (χ0v) is 12.9. The molecule has 0 radical (unpaired) electrons. The van der Waals surface area contributed by atoms with Crippen molar-refractivity contribution in [2.24, 2.45) is 5.73 Å². The molecule has 2 saturated heterocycles. The lowest BCUT2D eigenvalue weighted by Gasteiger charge is -2.31. The summed E-state index contributed by atoms with van der Waals surface area (Å²) < 4.78 is 5.63. The van der Waals surface area contributed by atoms with Crippen LogP contribution >= 0.6 is 12.4 Å². The second-order valence-corrected chi connectivity index (χ2v) is 5.50. The summed E-state index contributed by atoms with van der Waals surface area (Å²) in [6.45, 7) is 0.944. The highest BCUT2D eigenvalue weighted by Gasteiger charge is 2.45. The molecule has 3 atom stereocenters. The monoisotopic (exact) mass is 325 g/mol. The number of hydrogen-bond acceptors (Lipinski definition) is 4. The van der Waals surface area contributed by atoms with Crippen molar-refractivity contribution in [2.75, 3.05) is 13.1 Å². The van der Waals surface area contributed by atoms with Crippen LogP contribution in [0.5, 0.6) is 0 Å². The Labute approximate surface area is 135 Å². The molecule has 120 valence electrons. The summed E-state index contributed by atoms with van der Waals surface area (Å²) in [6, 6.07) is 9.10. The second-order valence-electron chi connectivity index (χ2n) is 5.50. The molecule has 7 heteroatoms. The van der Waals surface area contributed by atoms with E-state index in [2.05, 4.69) is 5.32 Å². The number of carbonyl (C=O) groups excluding carboxylic acids is 2. The molecule has 2 fully saturated rings. The highest BCUT2D eigenvalue weighted by atomic mass is 35.5. The number of β-lactam (4-membered cyclic amide) rings is 1. The Kier molecular flexibility index (Phi) is 5.39. The third kappa shape index (κ3) is 3.58. The maximum absolute atomic E-state index is 12.0. The lowest BCUT2D eigenvalue weighted by molar-refractivity contribution is -0.156. The van der Waals surface area contributed by atoms with Crippen LogP contribution in [-0.4, -0.2) is 48.2 Å². The number of nitrogens with one attached hydrogen (secondary N) is 1. The van der Waals surface area contributed by atoms with Gasteiger partial charge in [-0.3, -0.25) is 9.59 Å². The van der Waals surface area contributed by atoms with E-state index in [1.54, 1.807) is 4.90 Å². The number of amides is 2. The molecule has 2 heterocycles. The highest BCUT2D eigenvalue weighted by Crippen LogP contribution is 2.28. The predicted molar refractivity (Wildman–Crippen MR) is 83.4 cm³/mol. The van der Waals surface area contributed by atoms with Crippen LogP contribution in [0.15, 0.2) is 30.3 Å². The molecule has 6 nitrogen and oxygen atoms in total. The average Bonchev–Trinajstić information content (AvgIpc) is 2.82. The number of benzene rings is 1. The summed E-state index contributed by atoms with van der Waals surface area (Å²) in [6.07, 6.45) is 0.746. The summed E-state index contributed by atoms with van der Waals surface area (Å²) in [5.41, 5.74) is 6.94. The van der Waals surface area contributed by atoms with Crippen molar-refractivity contribution in [2.45, 2.75) is 31.2 Å². The molecular weight excluding hydrogens is 306 g/mol. The third-order valence-electron chi connectivity index (χ3n) is 3.91. The van der Waals surface area contributed by atoms with Gasteiger partial charge in [0.2, 0.25) is 11.8 Å². The standard InChI is InChI=1S/C15H19N3O3.ClH/c16-12(6-10-4-2-1-3-5-10)15(20)17-8-11-9-18-13(19)7-14(18)21-11;/h1-5,11-12,14H,6-9,16H2,(H,17,20);1H. The molecule has 2 aliphatic heterocycles. The number of halogens is 1. The number of fused-ring (bicyclic) bond motifs is 1. The summed E-state index contributed by atoms with van der Waals surface area (Å²) in [7, 11) is 0. The topological polar surface area (TPSA) is 84.7 Å². The molecule has 0 spiro atoms. The van der Waals surface area contributed by atoms with Gasteiger partial charge in [-0.15, -0.1) is 12.4 Å². The number of carbonyl (C=O) groups is 2. The molecule has 3 rings (SSSR count). The first kappa shape index (κ1) is 16.7. The Hall–Kier alpha value is -1.63. The van der Waals surface area contributed by atoms with Gasteiger partial charge in [0.15, 0.2) is 0 Å². The van der Waals surface area contributed by atoms with Gasteiger partial charge < -0.3 is 20.7 Å². The molecule has 1 aromatic rings. The molecular formula is C15H20ClN3O3. The van der Waals surface area contributed by atoms with Gasteiger partial charge in [0.25, 0.3) is 0 Å². The smallest absolute Gasteiger partial charge is 0.237 e. The van der Waals surface area contributed by atoms with Crippen LogP contribution < -0.4 is 11.1 Å². The van der Waals surface area contributed by atoms with Crippen LogP contribution in [-0.2, 0) is 20.7 Å². The van der Waals surface area contributed by atoms with Gasteiger partial charge >= 0.3 is 0 Å². The fraction of sp³-hybridized carbons (Fsp3) is 0.467.